The summed E-state index contributed by atoms with van der Waals surface area (Å²) < 4.78 is 68.6. The molecule has 10 nitrogen and oxygen atoms in total. The fourth-order valence-electron chi connectivity index (χ4n) is 1.97. The van der Waals surface area contributed by atoms with E-state index in [4.69, 9.17) is 11.5 Å². The van der Waals surface area contributed by atoms with Gasteiger partial charge in [-0.05, 0) is 28.5 Å². The first-order chi connectivity index (χ1) is 13.6. The average Bonchev–Trinajstić information content (AvgIpc) is 3.07. The fraction of sp³-hybridized carbons (Fsp3) is 0.286. The average molecular weight is 452 g/mol. The van der Waals surface area contributed by atoms with Gasteiger partial charge in [0.25, 0.3) is 6.43 Å². The van der Waals surface area contributed by atoms with Crippen LogP contribution in [0.3, 0.4) is 0 Å². The van der Waals surface area contributed by atoms with E-state index >= 15 is 0 Å². The molecule has 1 aromatic carbocycles. The Hall–Kier alpha value is -2.65. The molecule has 2 rings (SSSR count). The maximum absolute atomic E-state index is 13.3. The number of carbonyl (C=O) groups is 1. The van der Waals surface area contributed by atoms with Crippen molar-refractivity contribution in [3.63, 3.8) is 0 Å². The molecule has 29 heavy (non-hydrogen) atoms. The number of alkyl halides is 2. The van der Waals surface area contributed by atoms with Crippen LogP contribution >= 0.6 is 11.8 Å². The van der Waals surface area contributed by atoms with Crippen LogP contribution in [0.5, 0.6) is 0 Å². The third-order valence-electron chi connectivity index (χ3n) is 3.16. The molecule has 0 fully saturated rings. The molecule has 0 bridgehead atoms. The zero-order valence-corrected chi connectivity index (χ0v) is 16.1. The van der Waals surface area contributed by atoms with Gasteiger partial charge in [-0.1, -0.05) is 11.8 Å². The van der Waals surface area contributed by atoms with Gasteiger partial charge in [-0.25, -0.2) is 35.9 Å². The van der Waals surface area contributed by atoms with Gasteiger partial charge in [0.15, 0.2) is 16.6 Å². The summed E-state index contributed by atoms with van der Waals surface area (Å²) >= 11 is 1.01. The van der Waals surface area contributed by atoms with Crippen molar-refractivity contribution in [1.29, 1.82) is 0 Å². The van der Waals surface area contributed by atoms with Crippen molar-refractivity contribution in [3.05, 3.63) is 35.3 Å². The summed E-state index contributed by atoms with van der Waals surface area (Å²) in [7, 11) is -3.84. The van der Waals surface area contributed by atoms with Crippen molar-refractivity contribution >= 4 is 39.2 Å². The predicted octanol–water partition coefficient (Wildman–Crippen LogP) is 0.680. The van der Waals surface area contributed by atoms with Gasteiger partial charge in [-0.2, -0.15) is 0 Å². The second kappa shape index (κ2) is 9.71. The molecule has 15 heteroatoms. The predicted molar refractivity (Wildman–Crippen MR) is 97.7 cm³/mol. The lowest BCUT2D eigenvalue weighted by molar-refractivity contribution is -0.115. The van der Waals surface area contributed by atoms with Crippen LogP contribution in [0.15, 0.2) is 32.8 Å². The largest absolute Gasteiger partial charge is 0.382 e. The summed E-state index contributed by atoms with van der Waals surface area (Å²) in [5.41, 5.74) is 9.77. The highest BCUT2D eigenvalue weighted by Gasteiger charge is 2.18. The van der Waals surface area contributed by atoms with Crippen LogP contribution in [0.25, 0.3) is 0 Å². The molecule has 0 saturated heterocycles. The van der Waals surface area contributed by atoms with E-state index in [1.807, 2.05) is 0 Å². The van der Waals surface area contributed by atoms with Gasteiger partial charge in [-0.15, -0.1) is 0 Å². The molecule has 0 saturated carbocycles. The zero-order valence-electron chi connectivity index (χ0n) is 14.5. The van der Waals surface area contributed by atoms with Gasteiger partial charge in [-0.3, -0.25) is 4.79 Å². The van der Waals surface area contributed by atoms with E-state index in [9.17, 15) is 26.4 Å². The Morgan fingerprint density at radius 2 is 2.03 bits per heavy atom. The zero-order chi connectivity index (χ0) is 21.6. The Morgan fingerprint density at radius 3 is 2.69 bits per heavy atom. The normalized spacial score (nSPS) is 12.5. The number of hydrogen-bond acceptors (Lipinski definition) is 8. The van der Waals surface area contributed by atoms with Crippen LogP contribution < -0.4 is 16.2 Å². The van der Waals surface area contributed by atoms with Crippen molar-refractivity contribution in [2.24, 2.45) is 16.5 Å². The quantitative estimate of drug-likeness (QED) is 0.205. The molecule has 0 atom stereocenters. The molecule has 1 heterocycles. The molecule has 1 aromatic heterocycles. The third-order valence-corrected chi connectivity index (χ3v) is 5.42. The standard InChI is InChI=1S/C14H15F3N6O4S2/c15-9-2-1-7(5-8(9)12(16)17)21-13(19)11-14(23-27-22-11)28-4-3-20-29(25,26)6-10(18)24/h1-2,5,12,20H,3-4,6H2,(H2,18,24)(H2,19,21). The van der Waals surface area contributed by atoms with Gasteiger partial charge in [0, 0.05) is 12.3 Å². The number of aromatic nitrogens is 2. The van der Waals surface area contributed by atoms with E-state index < -0.39 is 39.5 Å². The number of halogens is 3. The lowest BCUT2D eigenvalue weighted by atomic mass is 10.2. The number of amidine groups is 1. The molecule has 0 aliphatic carbocycles. The van der Waals surface area contributed by atoms with Gasteiger partial charge in [0.05, 0.1) is 11.3 Å². The first kappa shape index (κ1) is 22.6. The second-order valence-corrected chi connectivity index (χ2v) is 8.28. The lowest BCUT2D eigenvalue weighted by Crippen LogP contribution is -2.34. The van der Waals surface area contributed by atoms with E-state index in [2.05, 4.69) is 24.7 Å². The van der Waals surface area contributed by atoms with E-state index in [1.54, 1.807) is 0 Å². The summed E-state index contributed by atoms with van der Waals surface area (Å²) in [5, 5.41) is 7.34. The SMILES string of the molecule is NC(=O)CS(=O)(=O)NCCSc1nonc1C(N)=Nc1ccc(F)c(C(F)F)c1. The third kappa shape index (κ3) is 6.72. The van der Waals surface area contributed by atoms with Crippen molar-refractivity contribution in [2.75, 3.05) is 18.1 Å². The smallest absolute Gasteiger partial charge is 0.266 e. The Balaban J connectivity index is 2.05. The number of rotatable bonds is 10. The Bertz CT molecular complexity index is 1010. The van der Waals surface area contributed by atoms with E-state index in [1.165, 1.54) is 0 Å². The number of aliphatic imine (C=N–C) groups is 1. The molecular formula is C14H15F3N6O4S2. The number of amides is 1. The van der Waals surface area contributed by atoms with Crippen LogP contribution in [-0.4, -0.2) is 48.5 Å². The van der Waals surface area contributed by atoms with Crippen LogP contribution in [0.1, 0.15) is 17.7 Å². The van der Waals surface area contributed by atoms with Crippen LogP contribution in [-0.2, 0) is 14.8 Å². The maximum Gasteiger partial charge on any atom is 0.266 e. The molecule has 158 valence electrons. The van der Waals surface area contributed by atoms with E-state index in [-0.39, 0.29) is 34.5 Å². The summed E-state index contributed by atoms with van der Waals surface area (Å²) in [6.45, 7) is -0.0562. The molecule has 0 radical (unpaired) electrons. The minimum Gasteiger partial charge on any atom is -0.382 e. The minimum atomic E-state index is -3.84. The molecular weight excluding hydrogens is 437 g/mol. The number of thioether (sulfide) groups is 1. The van der Waals surface area contributed by atoms with Crippen molar-refractivity contribution in [2.45, 2.75) is 11.5 Å². The number of primary amides is 1. The lowest BCUT2D eigenvalue weighted by Gasteiger charge is -2.05. The van der Waals surface area contributed by atoms with Crippen LogP contribution in [0, 0.1) is 5.82 Å². The Morgan fingerprint density at radius 1 is 1.31 bits per heavy atom. The van der Waals surface area contributed by atoms with Crippen LogP contribution in [0.4, 0.5) is 18.9 Å². The summed E-state index contributed by atoms with van der Waals surface area (Å²) in [5.74, 6) is -2.97. The first-order valence-electron chi connectivity index (χ1n) is 7.72. The Kier molecular flexibility index (Phi) is 7.58. The van der Waals surface area contributed by atoms with Crippen molar-refractivity contribution in [3.8, 4) is 0 Å². The number of benzene rings is 1. The van der Waals surface area contributed by atoms with Gasteiger partial charge in [0.1, 0.15) is 11.6 Å². The van der Waals surface area contributed by atoms with Crippen molar-refractivity contribution < 1.29 is 31.0 Å². The maximum atomic E-state index is 13.3. The van der Waals surface area contributed by atoms with Gasteiger partial charge >= 0.3 is 0 Å². The first-order valence-corrected chi connectivity index (χ1v) is 10.4. The monoisotopic (exact) mass is 452 g/mol. The number of carbonyl (C=O) groups excluding carboxylic acids is 1. The summed E-state index contributed by atoms with van der Waals surface area (Å²) in [6.07, 6.45) is -3.02. The number of nitrogens with one attached hydrogen (secondary N) is 1. The summed E-state index contributed by atoms with van der Waals surface area (Å²) in [6, 6.07) is 2.84. The highest BCUT2D eigenvalue weighted by atomic mass is 32.2. The molecule has 2 aromatic rings. The fourth-order valence-corrected chi connectivity index (χ4v) is 3.76. The van der Waals surface area contributed by atoms with Gasteiger partial charge in [0.2, 0.25) is 15.9 Å². The second-order valence-electron chi connectivity index (χ2n) is 5.39. The highest BCUT2D eigenvalue weighted by molar-refractivity contribution is 7.99. The van der Waals surface area contributed by atoms with E-state index in [0.29, 0.717) is 0 Å². The number of sulfonamides is 1. The number of hydrogen-bond donors (Lipinski definition) is 3. The Labute approximate surface area is 166 Å². The molecule has 0 aliphatic heterocycles. The minimum absolute atomic E-state index is 0.00193. The van der Waals surface area contributed by atoms with Crippen molar-refractivity contribution in [1.82, 2.24) is 15.0 Å². The molecule has 5 N–H and O–H groups in total. The summed E-state index contributed by atoms with van der Waals surface area (Å²) in [4.78, 5) is 14.6. The molecule has 0 unspecified atom stereocenters. The van der Waals surface area contributed by atoms with Gasteiger partial charge < -0.3 is 11.5 Å². The molecule has 1 amide bonds. The molecule has 0 spiro atoms. The highest BCUT2D eigenvalue weighted by Crippen LogP contribution is 2.27. The van der Waals surface area contributed by atoms with E-state index in [0.717, 1.165) is 30.0 Å². The topological polar surface area (TPSA) is 167 Å². The molecule has 0 aliphatic rings. The number of nitrogens with zero attached hydrogens (tertiary/aromatic N) is 3. The van der Waals surface area contributed by atoms with Crippen LogP contribution in [0.2, 0.25) is 0 Å². The number of nitrogens with two attached hydrogens (primary N) is 2.